The van der Waals surface area contributed by atoms with Crippen LogP contribution in [0.2, 0.25) is 0 Å². The molecule has 5 rings (SSSR count). The van der Waals surface area contributed by atoms with Gasteiger partial charge in [0.2, 0.25) is 5.91 Å². The zero-order valence-corrected chi connectivity index (χ0v) is 22.2. The molecule has 1 fully saturated rings. The first-order valence-corrected chi connectivity index (χ1v) is 13.1. The van der Waals surface area contributed by atoms with E-state index in [0.717, 1.165) is 53.5 Å². The largest absolute Gasteiger partial charge is 0.353 e. The van der Waals surface area contributed by atoms with Crippen LogP contribution in [0.25, 0.3) is 33.2 Å². The third-order valence-electron chi connectivity index (χ3n) is 7.30. The predicted molar refractivity (Wildman–Crippen MR) is 149 cm³/mol. The van der Waals surface area contributed by atoms with Crippen LogP contribution < -0.4 is 10.6 Å². The minimum atomic E-state index is 0.0172. The lowest BCUT2D eigenvalue weighted by Gasteiger charge is -2.46. The summed E-state index contributed by atoms with van der Waals surface area (Å²) < 4.78 is 0. The first kappa shape index (κ1) is 24.5. The van der Waals surface area contributed by atoms with Crippen molar-refractivity contribution in [3.05, 3.63) is 65.7 Å². The van der Waals surface area contributed by atoms with E-state index in [2.05, 4.69) is 92.7 Å². The van der Waals surface area contributed by atoms with E-state index in [1.807, 2.05) is 12.1 Å². The molecular formula is C31H38N4O. The van der Waals surface area contributed by atoms with E-state index in [4.69, 9.17) is 4.98 Å². The number of H-pyrrole nitrogens is 1. The highest BCUT2D eigenvalue weighted by atomic mass is 16.1. The van der Waals surface area contributed by atoms with Crippen molar-refractivity contribution in [1.82, 2.24) is 20.6 Å². The third-order valence-corrected chi connectivity index (χ3v) is 7.30. The van der Waals surface area contributed by atoms with Crippen LogP contribution in [-0.2, 0) is 11.2 Å². The maximum absolute atomic E-state index is 12.9. The van der Waals surface area contributed by atoms with Gasteiger partial charge in [0, 0.05) is 39.8 Å². The maximum atomic E-state index is 12.9. The number of hydrogen-bond acceptors (Lipinski definition) is 3. The first-order chi connectivity index (χ1) is 17.1. The standard InChI is InChI=1S/C31H38N4O/c1-20-13-15-26-24(17-20)23(29(34-26)27-16-14-21-9-6-7-11-25(21)33-27)10-8-12-28(36)32-22-18-30(2,3)35-31(4,5)19-22/h6-7,9,11,13-17,22,34-35H,8,10,12,18-19H2,1-5H3,(H,32,36). The van der Waals surface area contributed by atoms with E-state index < -0.39 is 0 Å². The molecule has 1 amide bonds. The summed E-state index contributed by atoms with van der Waals surface area (Å²) in [6, 6.07) is 19.2. The highest BCUT2D eigenvalue weighted by molar-refractivity contribution is 5.92. The van der Waals surface area contributed by atoms with Crippen molar-refractivity contribution in [3.8, 4) is 11.4 Å². The molecule has 0 spiro atoms. The number of rotatable bonds is 6. The van der Waals surface area contributed by atoms with Gasteiger partial charge >= 0.3 is 0 Å². The van der Waals surface area contributed by atoms with Gasteiger partial charge in [-0.3, -0.25) is 4.79 Å². The minimum absolute atomic E-state index is 0.0172. The van der Waals surface area contributed by atoms with Crippen LogP contribution in [-0.4, -0.2) is 33.0 Å². The predicted octanol–water partition coefficient (Wildman–Crippen LogP) is 6.44. The molecule has 3 heterocycles. The Morgan fingerprint density at radius 1 is 1.03 bits per heavy atom. The fraction of sp³-hybridized carbons (Fsp3) is 0.419. The maximum Gasteiger partial charge on any atom is 0.220 e. The van der Waals surface area contributed by atoms with Gasteiger partial charge in [-0.05, 0) is 90.1 Å². The molecule has 36 heavy (non-hydrogen) atoms. The van der Waals surface area contributed by atoms with Crippen LogP contribution in [0.5, 0.6) is 0 Å². The molecule has 5 heteroatoms. The number of fused-ring (bicyclic) bond motifs is 2. The zero-order valence-electron chi connectivity index (χ0n) is 22.2. The normalized spacial score (nSPS) is 17.5. The second-order valence-corrected chi connectivity index (χ2v) is 11.8. The van der Waals surface area contributed by atoms with E-state index in [9.17, 15) is 4.79 Å². The summed E-state index contributed by atoms with van der Waals surface area (Å²) in [7, 11) is 0. The average molecular weight is 483 g/mol. The Morgan fingerprint density at radius 2 is 1.78 bits per heavy atom. The number of piperidine rings is 1. The number of amides is 1. The van der Waals surface area contributed by atoms with E-state index in [0.29, 0.717) is 6.42 Å². The number of benzene rings is 2. The highest BCUT2D eigenvalue weighted by Crippen LogP contribution is 2.33. The molecule has 4 aromatic rings. The molecule has 5 nitrogen and oxygen atoms in total. The van der Waals surface area contributed by atoms with Crippen molar-refractivity contribution in [1.29, 1.82) is 0 Å². The molecule has 0 unspecified atom stereocenters. The number of aromatic nitrogens is 2. The number of pyridine rings is 1. The molecule has 0 saturated carbocycles. The lowest BCUT2D eigenvalue weighted by Crippen LogP contribution is -2.62. The highest BCUT2D eigenvalue weighted by Gasteiger charge is 2.38. The Morgan fingerprint density at radius 3 is 2.56 bits per heavy atom. The molecule has 2 aromatic carbocycles. The Balaban J connectivity index is 1.34. The summed E-state index contributed by atoms with van der Waals surface area (Å²) in [6.07, 6.45) is 4.03. The fourth-order valence-electron chi connectivity index (χ4n) is 6.20. The van der Waals surface area contributed by atoms with E-state index in [1.165, 1.54) is 16.5 Å². The monoisotopic (exact) mass is 482 g/mol. The Hall–Kier alpha value is -3.18. The topological polar surface area (TPSA) is 69.8 Å². The summed E-state index contributed by atoms with van der Waals surface area (Å²) in [4.78, 5) is 21.5. The summed E-state index contributed by atoms with van der Waals surface area (Å²) in [5.41, 5.74) is 6.62. The average Bonchev–Trinajstić information content (AvgIpc) is 3.14. The van der Waals surface area contributed by atoms with Crippen LogP contribution in [0.1, 0.15) is 64.5 Å². The number of carbonyl (C=O) groups is 1. The van der Waals surface area contributed by atoms with Crippen molar-refractivity contribution in [3.63, 3.8) is 0 Å². The summed E-state index contributed by atoms with van der Waals surface area (Å²) in [5.74, 6) is 0.148. The van der Waals surface area contributed by atoms with Crippen LogP contribution in [0.15, 0.2) is 54.6 Å². The minimum Gasteiger partial charge on any atom is -0.353 e. The van der Waals surface area contributed by atoms with Gasteiger partial charge < -0.3 is 15.6 Å². The van der Waals surface area contributed by atoms with Crippen molar-refractivity contribution in [2.45, 2.75) is 83.8 Å². The summed E-state index contributed by atoms with van der Waals surface area (Å²) in [6.45, 7) is 11.0. The van der Waals surface area contributed by atoms with Crippen molar-refractivity contribution in [2.24, 2.45) is 0 Å². The van der Waals surface area contributed by atoms with Gasteiger partial charge in [0.05, 0.1) is 16.9 Å². The second kappa shape index (κ2) is 9.36. The molecule has 1 saturated heterocycles. The third kappa shape index (κ3) is 5.31. The quantitative estimate of drug-likeness (QED) is 0.296. The lowest BCUT2D eigenvalue weighted by molar-refractivity contribution is -0.122. The van der Waals surface area contributed by atoms with Gasteiger partial charge in [-0.25, -0.2) is 4.98 Å². The molecule has 1 aliphatic rings. The number of aryl methyl sites for hydroxylation is 2. The molecular weight excluding hydrogens is 444 g/mol. The fourth-order valence-corrected chi connectivity index (χ4v) is 6.20. The lowest BCUT2D eigenvalue weighted by atomic mass is 9.79. The molecule has 0 bridgehead atoms. The Kier molecular flexibility index (Phi) is 6.37. The van der Waals surface area contributed by atoms with Crippen LogP contribution in [0.4, 0.5) is 0 Å². The SMILES string of the molecule is Cc1ccc2[nH]c(-c3ccc4ccccc4n3)c(CCCC(=O)NC3CC(C)(C)NC(C)(C)C3)c2c1. The molecule has 3 N–H and O–H groups in total. The van der Waals surface area contributed by atoms with Gasteiger partial charge in [0.15, 0.2) is 0 Å². The van der Waals surface area contributed by atoms with Crippen molar-refractivity contribution < 1.29 is 4.79 Å². The molecule has 188 valence electrons. The zero-order chi connectivity index (χ0) is 25.5. The number of nitrogens with zero attached hydrogens (tertiary/aromatic N) is 1. The number of nitrogens with one attached hydrogen (secondary N) is 3. The number of aromatic amines is 1. The Labute approximate surface area is 214 Å². The molecule has 0 aliphatic carbocycles. The number of carbonyl (C=O) groups excluding carboxylic acids is 1. The summed E-state index contributed by atoms with van der Waals surface area (Å²) in [5, 5.41) is 9.37. The van der Waals surface area contributed by atoms with Gasteiger partial charge in [-0.2, -0.15) is 0 Å². The van der Waals surface area contributed by atoms with Gasteiger partial charge in [-0.1, -0.05) is 35.9 Å². The van der Waals surface area contributed by atoms with Gasteiger partial charge in [-0.15, -0.1) is 0 Å². The van der Waals surface area contributed by atoms with Gasteiger partial charge in [0.25, 0.3) is 0 Å². The molecule has 0 radical (unpaired) electrons. The first-order valence-electron chi connectivity index (χ1n) is 13.1. The van der Waals surface area contributed by atoms with Crippen LogP contribution in [0, 0.1) is 6.92 Å². The van der Waals surface area contributed by atoms with E-state index in [-0.39, 0.29) is 23.0 Å². The van der Waals surface area contributed by atoms with Crippen LogP contribution >= 0.6 is 0 Å². The smallest absolute Gasteiger partial charge is 0.220 e. The molecule has 0 atom stereocenters. The number of hydrogen-bond donors (Lipinski definition) is 3. The van der Waals surface area contributed by atoms with Gasteiger partial charge in [0.1, 0.15) is 0 Å². The van der Waals surface area contributed by atoms with Crippen molar-refractivity contribution in [2.75, 3.05) is 0 Å². The van der Waals surface area contributed by atoms with Crippen LogP contribution in [0.3, 0.4) is 0 Å². The second-order valence-electron chi connectivity index (χ2n) is 11.8. The summed E-state index contributed by atoms with van der Waals surface area (Å²) >= 11 is 0. The van der Waals surface area contributed by atoms with Crippen molar-refractivity contribution >= 4 is 27.7 Å². The molecule has 2 aromatic heterocycles. The van der Waals surface area contributed by atoms with E-state index in [1.54, 1.807) is 0 Å². The molecule has 1 aliphatic heterocycles. The Bertz CT molecular complexity index is 1400. The van der Waals surface area contributed by atoms with E-state index >= 15 is 0 Å². The number of para-hydroxylation sites is 1.